The average Bonchev–Trinajstić information content (AvgIpc) is 2.47. The minimum atomic E-state index is 0. The van der Waals surface area contributed by atoms with Crippen molar-refractivity contribution in [1.82, 2.24) is 10.2 Å². The third-order valence-corrected chi connectivity index (χ3v) is 3.86. The van der Waals surface area contributed by atoms with Gasteiger partial charge in [0.1, 0.15) is 0 Å². The maximum Gasteiger partial charge on any atom is 0.227 e. The lowest BCUT2D eigenvalue weighted by molar-refractivity contribution is -0.136. The molecule has 4 heteroatoms. The monoisotopic (exact) mass is 282 g/mol. The smallest absolute Gasteiger partial charge is 0.227 e. The number of amides is 1. The summed E-state index contributed by atoms with van der Waals surface area (Å²) in [5.74, 6) is 0.411. The lowest BCUT2D eigenvalue weighted by atomic mass is 9.97. The second-order valence-electron chi connectivity index (χ2n) is 5.08. The molecule has 1 amide bonds. The van der Waals surface area contributed by atoms with Gasteiger partial charge in [-0.1, -0.05) is 30.3 Å². The lowest BCUT2D eigenvalue weighted by Gasteiger charge is -2.31. The summed E-state index contributed by atoms with van der Waals surface area (Å²) < 4.78 is 0. The molecule has 0 radical (unpaired) electrons. The van der Waals surface area contributed by atoms with Crippen LogP contribution in [0.25, 0.3) is 0 Å². The first-order chi connectivity index (χ1) is 8.70. The van der Waals surface area contributed by atoms with Gasteiger partial charge in [-0.25, -0.2) is 0 Å². The molecular formula is C15H23ClN2O. The number of rotatable bonds is 3. The van der Waals surface area contributed by atoms with E-state index in [0.29, 0.717) is 0 Å². The molecule has 0 spiro atoms. The van der Waals surface area contributed by atoms with E-state index in [9.17, 15) is 4.79 Å². The van der Waals surface area contributed by atoms with Crippen LogP contribution in [-0.4, -0.2) is 30.9 Å². The summed E-state index contributed by atoms with van der Waals surface area (Å²) in [6.45, 7) is 3.95. The van der Waals surface area contributed by atoms with Gasteiger partial charge in [-0.3, -0.25) is 4.79 Å². The summed E-state index contributed by atoms with van der Waals surface area (Å²) in [5.41, 5.74) is 1.19. The summed E-state index contributed by atoms with van der Waals surface area (Å²) in [5, 5.41) is 3.30. The van der Waals surface area contributed by atoms with Crippen molar-refractivity contribution in [1.29, 1.82) is 0 Å². The Labute approximate surface area is 121 Å². The van der Waals surface area contributed by atoms with E-state index in [4.69, 9.17) is 0 Å². The van der Waals surface area contributed by atoms with Gasteiger partial charge in [-0.2, -0.15) is 0 Å². The van der Waals surface area contributed by atoms with Crippen molar-refractivity contribution in [2.24, 2.45) is 5.92 Å². The van der Waals surface area contributed by atoms with Crippen molar-refractivity contribution in [2.45, 2.75) is 25.8 Å². The van der Waals surface area contributed by atoms with Gasteiger partial charge in [0.2, 0.25) is 5.91 Å². The second-order valence-corrected chi connectivity index (χ2v) is 5.08. The van der Waals surface area contributed by atoms with Crippen LogP contribution in [0.3, 0.4) is 0 Å². The second kappa shape index (κ2) is 7.51. The van der Waals surface area contributed by atoms with Crippen LogP contribution in [0.5, 0.6) is 0 Å². The highest BCUT2D eigenvalue weighted by atomic mass is 35.5. The highest BCUT2D eigenvalue weighted by molar-refractivity contribution is 5.85. The fourth-order valence-electron chi connectivity index (χ4n) is 2.50. The predicted molar refractivity (Wildman–Crippen MR) is 80.5 cm³/mol. The summed E-state index contributed by atoms with van der Waals surface area (Å²) in [4.78, 5) is 14.3. The molecule has 106 valence electrons. The molecule has 0 aliphatic carbocycles. The van der Waals surface area contributed by atoms with Crippen LogP contribution in [-0.2, 0) is 4.79 Å². The molecular weight excluding hydrogens is 260 g/mol. The number of carbonyl (C=O) groups excluding carboxylic acids is 1. The Morgan fingerprint density at radius 3 is 2.63 bits per heavy atom. The van der Waals surface area contributed by atoms with E-state index in [1.54, 1.807) is 0 Å². The van der Waals surface area contributed by atoms with Gasteiger partial charge in [0, 0.05) is 13.6 Å². The van der Waals surface area contributed by atoms with Crippen molar-refractivity contribution in [3.8, 4) is 0 Å². The molecule has 2 rings (SSSR count). The number of piperidine rings is 1. The van der Waals surface area contributed by atoms with Crippen LogP contribution in [0.15, 0.2) is 30.3 Å². The molecule has 1 aromatic carbocycles. The molecule has 1 aliphatic heterocycles. The summed E-state index contributed by atoms with van der Waals surface area (Å²) >= 11 is 0. The van der Waals surface area contributed by atoms with Crippen LogP contribution in [0.2, 0.25) is 0 Å². The molecule has 1 aromatic rings. The third-order valence-electron chi connectivity index (χ3n) is 3.86. The van der Waals surface area contributed by atoms with Crippen molar-refractivity contribution in [3.05, 3.63) is 35.9 Å². The predicted octanol–water partition coefficient (Wildman–Crippen LogP) is 2.63. The number of benzene rings is 1. The molecule has 1 saturated heterocycles. The van der Waals surface area contributed by atoms with Crippen LogP contribution in [0.1, 0.15) is 31.4 Å². The average molecular weight is 283 g/mol. The molecule has 3 nitrogen and oxygen atoms in total. The van der Waals surface area contributed by atoms with Crippen molar-refractivity contribution in [2.75, 3.05) is 20.1 Å². The first-order valence-electron chi connectivity index (χ1n) is 6.72. The van der Waals surface area contributed by atoms with Crippen LogP contribution >= 0.6 is 12.4 Å². The maximum absolute atomic E-state index is 12.4. The van der Waals surface area contributed by atoms with Gasteiger partial charge >= 0.3 is 0 Å². The third kappa shape index (κ3) is 3.95. The minimum absolute atomic E-state index is 0. The Kier molecular flexibility index (Phi) is 6.32. The normalized spacial score (nSPS) is 20.2. The van der Waals surface area contributed by atoms with Gasteiger partial charge in [0.05, 0.1) is 12.0 Å². The number of hydrogen-bond acceptors (Lipinski definition) is 2. The fraction of sp³-hybridized carbons (Fsp3) is 0.533. The van der Waals surface area contributed by atoms with Gasteiger partial charge in [0.25, 0.3) is 0 Å². The maximum atomic E-state index is 12.4. The summed E-state index contributed by atoms with van der Waals surface area (Å²) in [7, 11) is 1.91. The minimum Gasteiger partial charge on any atom is -0.339 e. The van der Waals surface area contributed by atoms with Crippen LogP contribution in [0.4, 0.5) is 0 Å². The molecule has 0 bridgehead atoms. The Morgan fingerprint density at radius 2 is 2.05 bits per heavy atom. The van der Waals surface area contributed by atoms with E-state index in [0.717, 1.165) is 25.9 Å². The number of halogens is 1. The molecule has 1 fully saturated rings. The van der Waals surface area contributed by atoms with E-state index in [2.05, 4.69) is 24.4 Å². The summed E-state index contributed by atoms with van der Waals surface area (Å²) in [6, 6.07) is 10.3. The van der Waals surface area contributed by atoms with E-state index in [-0.39, 0.29) is 30.3 Å². The molecule has 1 heterocycles. The molecule has 1 N–H and O–H groups in total. The number of hydrogen-bond donors (Lipinski definition) is 1. The number of carbonyl (C=O) groups is 1. The van der Waals surface area contributed by atoms with E-state index >= 15 is 0 Å². The zero-order chi connectivity index (χ0) is 13.0. The quantitative estimate of drug-likeness (QED) is 0.924. The first-order valence-corrected chi connectivity index (χ1v) is 6.72. The molecule has 1 aliphatic rings. The molecule has 1 unspecified atom stereocenters. The highest BCUT2D eigenvalue weighted by Gasteiger charge is 2.26. The number of nitrogens with zero attached hydrogens (tertiary/aromatic N) is 1. The zero-order valence-electron chi connectivity index (χ0n) is 11.6. The molecule has 0 saturated carbocycles. The fourth-order valence-corrected chi connectivity index (χ4v) is 2.50. The summed E-state index contributed by atoms with van der Waals surface area (Å²) in [6.07, 6.45) is 2.11. The largest absolute Gasteiger partial charge is 0.339 e. The topological polar surface area (TPSA) is 32.3 Å². The van der Waals surface area contributed by atoms with E-state index in [1.807, 2.05) is 30.1 Å². The first kappa shape index (κ1) is 16.0. The van der Waals surface area contributed by atoms with Gasteiger partial charge in [0.15, 0.2) is 0 Å². The van der Waals surface area contributed by atoms with Crippen molar-refractivity contribution in [3.63, 3.8) is 0 Å². The van der Waals surface area contributed by atoms with E-state index < -0.39 is 0 Å². The Hall–Kier alpha value is -1.06. The zero-order valence-corrected chi connectivity index (χ0v) is 12.5. The van der Waals surface area contributed by atoms with Gasteiger partial charge in [-0.15, -0.1) is 12.4 Å². The van der Waals surface area contributed by atoms with Crippen molar-refractivity contribution >= 4 is 18.3 Å². The Bertz CT molecular complexity index is 390. The van der Waals surface area contributed by atoms with Crippen molar-refractivity contribution < 1.29 is 4.79 Å². The lowest BCUT2D eigenvalue weighted by Crippen LogP contribution is -2.42. The molecule has 19 heavy (non-hydrogen) atoms. The Morgan fingerprint density at radius 1 is 1.37 bits per heavy atom. The van der Waals surface area contributed by atoms with Gasteiger partial charge < -0.3 is 10.2 Å². The molecule has 2 atom stereocenters. The van der Waals surface area contributed by atoms with E-state index in [1.165, 1.54) is 5.56 Å². The van der Waals surface area contributed by atoms with Gasteiger partial charge in [-0.05, 0) is 31.9 Å². The van der Waals surface area contributed by atoms with Crippen LogP contribution < -0.4 is 5.32 Å². The number of nitrogens with one attached hydrogen (secondary N) is 1. The highest BCUT2D eigenvalue weighted by Crippen LogP contribution is 2.22. The SMILES string of the molecule is CC(c1ccccc1)N(C)C(=O)[C@@H]1CCCNC1.Cl. The molecule has 0 aromatic heterocycles. The Balaban J connectivity index is 0.00000180. The standard InChI is InChI=1S/C15H22N2O.ClH/c1-12(13-7-4-3-5-8-13)17(2)15(18)14-9-6-10-16-11-14;/h3-5,7-8,12,14,16H,6,9-11H2,1-2H3;1H/t12?,14-;/m1./s1. The van der Waals surface area contributed by atoms with Crippen LogP contribution in [0, 0.1) is 5.92 Å².